The van der Waals surface area contributed by atoms with E-state index in [2.05, 4.69) is 31.1 Å². The number of aromatic amines is 1. The Hall–Kier alpha value is -2.74. The number of amides is 1. The molecule has 2 aromatic heterocycles. The smallest absolute Gasteiger partial charge is 0.301 e. The number of carbonyl (C=O) groups is 1. The molecule has 2 heterocycles. The van der Waals surface area contributed by atoms with E-state index in [0.29, 0.717) is 15.6 Å². The molecule has 2 N–H and O–H groups in total. The van der Waals surface area contributed by atoms with Crippen LogP contribution in [0.1, 0.15) is 10.4 Å². The molecule has 0 fully saturated rings. The van der Waals surface area contributed by atoms with Gasteiger partial charge in [0.15, 0.2) is 18.1 Å². The SMILES string of the molecule is O=C(N=Nc1c(O)[nH]c2ccc(Br)cc12)c1ccc[n+]([O-])c1. The third kappa shape index (κ3) is 2.68. The molecule has 110 valence electrons. The Bertz CT molecular complexity index is 904. The fraction of sp³-hybridized carbons (Fsp3) is 0. The summed E-state index contributed by atoms with van der Waals surface area (Å²) in [4.78, 5) is 14.6. The van der Waals surface area contributed by atoms with E-state index in [-0.39, 0.29) is 17.1 Å². The molecule has 8 heteroatoms. The summed E-state index contributed by atoms with van der Waals surface area (Å²) in [7, 11) is 0. The van der Waals surface area contributed by atoms with Crippen LogP contribution in [0.15, 0.2) is 57.4 Å². The van der Waals surface area contributed by atoms with Gasteiger partial charge in [0.25, 0.3) is 0 Å². The normalized spacial score (nSPS) is 11.3. The molecule has 0 saturated heterocycles. The first-order valence-electron chi connectivity index (χ1n) is 6.19. The highest BCUT2D eigenvalue weighted by atomic mass is 79.9. The highest BCUT2D eigenvalue weighted by molar-refractivity contribution is 9.10. The summed E-state index contributed by atoms with van der Waals surface area (Å²) >= 11 is 3.33. The second-order valence-corrected chi connectivity index (χ2v) is 5.39. The van der Waals surface area contributed by atoms with Gasteiger partial charge in [-0.25, -0.2) is 0 Å². The number of nitrogens with zero attached hydrogens (tertiary/aromatic N) is 3. The van der Waals surface area contributed by atoms with Crippen LogP contribution in [0.3, 0.4) is 0 Å². The van der Waals surface area contributed by atoms with Crippen LogP contribution in [0, 0.1) is 5.21 Å². The minimum atomic E-state index is -0.672. The molecule has 0 unspecified atom stereocenters. The maximum absolute atomic E-state index is 11.9. The van der Waals surface area contributed by atoms with Gasteiger partial charge in [-0.15, -0.1) is 10.2 Å². The number of fused-ring (bicyclic) bond motifs is 1. The molecule has 0 atom stereocenters. The van der Waals surface area contributed by atoms with E-state index in [1.807, 2.05) is 0 Å². The van der Waals surface area contributed by atoms with Crippen molar-refractivity contribution < 1.29 is 14.6 Å². The molecule has 3 rings (SSSR count). The lowest BCUT2D eigenvalue weighted by Crippen LogP contribution is -2.25. The van der Waals surface area contributed by atoms with Crippen molar-refractivity contribution in [3.8, 4) is 5.88 Å². The number of nitrogens with one attached hydrogen (secondary N) is 1. The van der Waals surface area contributed by atoms with Gasteiger partial charge in [-0.05, 0) is 24.3 Å². The number of hydrogen-bond acceptors (Lipinski definition) is 4. The molecule has 0 aliphatic carbocycles. The molecule has 1 aromatic carbocycles. The average molecular weight is 361 g/mol. The number of pyridine rings is 1. The van der Waals surface area contributed by atoms with Gasteiger partial charge in [-0.3, -0.25) is 4.79 Å². The van der Waals surface area contributed by atoms with Gasteiger partial charge in [-0.1, -0.05) is 15.9 Å². The summed E-state index contributed by atoms with van der Waals surface area (Å²) in [5, 5.41) is 29.0. The molecule has 3 aromatic rings. The summed E-state index contributed by atoms with van der Waals surface area (Å²) in [6.45, 7) is 0. The van der Waals surface area contributed by atoms with Gasteiger partial charge < -0.3 is 15.3 Å². The number of hydrogen-bond donors (Lipinski definition) is 2. The van der Waals surface area contributed by atoms with Crippen molar-refractivity contribution in [3.05, 3.63) is 58.0 Å². The number of aromatic nitrogens is 2. The summed E-state index contributed by atoms with van der Waals surface area (Å²) in [6.07, 6.45) is 2.37. The van der Waals surface area contributed by atoms with Crippen LogP contribution in [0.2, 0.25) is 0 Å². The lowest BCUT2D eigenvalue weighted by atomic mass is 10.2. The minimum absolute atomic E-state index is 0.113. The fourth-order valence-corrected chi connectivity index (χ4v) is 2.33. The molecule has 0 bridgehead atoms. The van der Waals surface area contributed by atoms with Crippen molar-refractivity contribution in [2.75, 3.05) is 0 Å². The predicted molar refractivity (Wildman–Crippen MR) is 81.9 cm³/mol. The van der Waals surface area contributed by atoms with Gasteiger partial charge in [0.2, 0.25) is 5.88 Å². The van der Waals surface area contributed by atoms with E-state index in [1.54, 1.807) is 18.2 Å². The van der Waals surface area contributed by atoms with Gasteiger partial charge >= 0.3 is 5.91 Å². The standard InChI is InChI=1S/C14H9BrN4O3/c15-9-3-4-11-10(6-9)12(14(21)16-11)17-18-13(20)8-2-1-5-19(22)7-8/h1-7,16,21H. The van der Waals surface area contributed by atoms with Crippen LogP contribution in [0.4, 0.5) is 5.69 Å². The van der Waals surface area contributed by atoms with Gasteiger partial charge in [0.05, 0.1) is 5.52 Å². The third-order valence-electron chi connectivity index (χ3n) is 2.98. The molecule has 0 saturated carbocycles. The Morgan fingerprint density at radius 2 is 2.18 bits per heavy atom. The second kappa shape index (κ2) is 5.57. The first-order valence-corrected chi connectivity index (χ1v) is 6.99. The fourth-order valence-electron chi connectivity index (χ4n) is 1.97. The number of H-pyrrole nitrogens is 1. The Kier molecular flexibility index (Phi) is 3.60. The number of halogens is 1. The summed E-state index contributed by atoms with van der Waals surface area (Å²) in [5.74, 6) is -0.856. The summed E-state index contributed by atoms with van der Waals surface area (Å²) < 4.78 is 1.31. The van der Waals surface area contributed by atoms with E-state index in [0.717, 1.165) is 10.7 Å². The zero-order valence-electron chi connectivity index (χ0n) is 11.0. The molecule has 0 spiro atoms. The van der Waals surface area contributed by atoms with E-state index in [9.17, 15) is 15.1 Å². The molecule has 0 radical (unpaired) electrons. The van der Waals surface area contributed by atoms with Crippen molar-refractivity contribution in [1.82, 2.24) is 4.98 Å². The Morgan fingerprint density at radius 1 is 1.36 bits per heavy atom. The number of rotatable bonds is 2. The Morgan fingerprint density at radius 3 is 2.95 bits per heavy atom. The van der Waals surface area contributed by atoms with E-state index >= 15 is 0 Å². The number of azo groups is 1. The van der Waals surface area contributed by atoms with Gasteiger partial charge in [-0.2, -0.15) is 4.73 Å². The van der Waals surface area contributed by atoms with Crippen molar-refractivity contribution in [2.45, 2.75) is 0 Å². The van der Waals surface area contributed by atoms with Crippen LogP contribution in [-0.2, 0) is 0 Å². The van der Waals surface area contributed by atoms with Crippen molar-refractivity contribution in [2.24, 2.45) is 10.2 Å². The molecular weight excluding hydrogens is 352 g/mol. The van der Waals surface area contributed by atoms with Crippen LogP contribution in [-0.4, -0.2) is 16.0 Å². The predicted octanol–water partition coefficient (Wildman–Crippen LogP) is 3.19. The molecular formula is C14H9BrN4O3. The summed E-state index contributed by atoms with van der Waals surface area (Å²) in [6, 6.07) is 8.22. The van der Waals surface area contributed by atoms with Crippen molar-refractivity contribution >= 4 is 38.4 Å². The zero-order valence-corrected chi connectivity index (χ0v) is 12.6. The molecule has 0 aliphatic heterocycles. The van der Waals surface area contributed by atoms with Crippen LogP contribution < -0.4 is 4.73 Å². The quantitative estimate of drug-likeness (QED) is 0.416. The van der Waals surface area contributed by atoms with Crippen molar-refractivity contribution in [1.29, 1.82) is 0 Å². The van der Waals surface area contributed by atoms with E-state index in [1.165, 1.54) is 18.3 Å². The highest BCUT2D eigenvalue weighted by Crippen LogP contribution is 2.36. The molecule has 0 aliphatic rings. The number of benzene rings is 1. The van der Waals surface area contributed by atoms with Crippen LogP contribution >= 0.6 is 15.9 Å². The van der Waals surface area contributed by atoms with E-state index < -0.39 is 5.91 Å². The number of carbonyl (C=O) groups excluding carboxylic acids is 1. The lowest BCUT2D eigenvalue weighted by Gasteiger charge is -1.96. The topological polar surface area (TPSA) is 105 Å². The second-order valence-electron chi connectivity index (χ2n) is 4.47. The number of aromatic hydroxyl groups is 1. The molecule has 22 heavy (non-hydrogen) atoms. The van der Waals surface area contributed by atoms with Gasteiger partial charge in [0, 0.05) is 15.9 Å². The van der Waals surface area contributed by atoms with Crippen molar-refractivity contribution in [3.63, 3.8) is 0 Å². The maximum Gasteiger partial charge on any atom is 0.301 e. The van der Waals surface area contributed by atoms with E-state index in [4.69, 9.17) is 0 Å². The Labute approximate surface area is 132 Å². The summed E-state index contributed by atoms with van der Waals surface area (Å²) in [5.41, 5.74) is 0.941. The van der Waals surface area contributed by atoms with Crippen LogP contribution in [0.5, 0.6) is 5.88 Å². The minimum Gasteiger partial charge on any atom is -0.619 e. The lowest BCUT2D eigenvalue weighted by molar-refractivity contribution is -0.605. The first-order chi connectivity index (χ1) is 10.5. The highest BCUT2D eigenvalue weighted by Gasteiger charge is 2.12. The first kappa shape index (κ1) is 14.2. The largest absolute Gasteiger partial charge is 0.619 e. The van der Waals surface area contributed by atoms with Crippen LogP contribution in [0.25, 0.3) is 10.9 Å². The molecule has 1 amide bonds. The monoisotopic (exact) mass is 360 g/mol. The third-order valence-corrected chi connectivity index (χ3v) is 3.47. The Balaban J connectivity index is 1.97. The zero-order chi connectivity index (χ0) is 15.7. The average Bonchev–Trinajstić information content (AvgIpc) is 2.80. The molecule has 7 nitrogen and oxygen atoms in total. The maximum atomic E-state index is 11.9. The van der Waals surface area contributed by atoms with Gasteiger partial charge in [0.1, 0.15) is 5.56 Å².